The van der Waals surface area contributed by atoms with Gasteiger partial charge in [-0.05, 0) is 137 Å². The predicted octanol–water partition coefficient (Wildman–Crippen LogP) is 16.3. The molecule has 3 atom stereocenters. The first kappa shape index (κ1) is 39.9. The van der Waals surface area contributed by atoms with Crippen LogP contribution >= 0.6 is 0 Å². The van der Waals surface area contributed by atoms with Gasteiger partial charge in [0, 0.05) is 34.0 Å². The number of hydrogen-bond acceptors (Lipinski definition) is 1. The van der Waals surface area contributed by atoms with E-state index in [-0.39, 0.29) is 21.7 Å². The minimum Gasteiger partial charge on any atom is -0.337 e. The fourth-order valence-electron chi connectivity index (χ4n) is 14.0. The molecular formula is C63H63N. The summed E-state index contributed by atoms with van der Waals surface area (Å²) >= 11 is 0. The highest BCUT2D eigenvalue weighted by Gasteiger charge is 2.55. The van der Waals surface area contributed by atoms with Gasteiger partial charge in [0.05, 0.1) is 5.41 Å². The molecular weight excluding hydrogens is 771 g/mol. The summed E-state index contributed by atoms with van der Waals surface area (Å²) in [5.41, 5.74) is 25.1. The van der Waals surface area contributed by atoms with E-state index < -0.39 is 5.41 Å². The summed E-state index contributed by atoms with van der Waals surface area (Å²) in [6.45, 7) is 24.1. The smallest absolute Gasteiger partial charge is 0.0726 e. The maximum absolute atomic E-state index is 2.90. The standard InChI is InChI=1S/C63H63N/c1-59(2,3)38-29-32-43-44-33-30-39(60(4,5)6)36-54(44)63(53(43)35-38)49-24-16-13-21-46(49)58-51(63)26-18-28-56(58)64(40-31-34-42-41-19-11-14-22-47(41)62(9,10)52(42)37-40)55-27-17-25-50-57(55)45-20-12-15-23-48(45)61(50,7)8/h11-30,32-33,35-36,40,42,52H,31,34,37H2,1-10H3. The topological polar surface area (TPSA) is 3.24 Å². The Morgan fingerprint density at radius 3 is 1.56 bits per heavy atom. The molecule has 1 nitrogen and oxygen atoms in total. The number of fused-ring (bicyclic) bond motifs is 16. The molecule has 1 saturated carbocycles. The van der Waals surface area contributed by atoms with Gasteiger partial charge >= 0.3 is 0 Å². The van der Waals surface area contributed by atoms with Gasteiger partial charge in [0.15, 0.2) is 0 Å². The molecule has 0 aromatic heterocycles. The van der Waals surface area contributed by atoms with Gasteiger partial charge in [-0.1, -0.05) is 203 Å². The molecule has 0 heterocycles. The van der Waals surface area contributed by atoms with Crippen molar-refractivity contribution >= 4 is 11.4 Å². The summed E-state index contributed by atoms with van der Waals surface area (Å²) in [6, 6.07) is 58.0. The molecule has 320 valence electrons. The van der Waals surface area contributed by atoms with E-state index in [1.807, 2.05) is 0 Å². The first-order valence-electron chi connectivity index (χ1n) is 24.2. The van der Waals surface area contributed by atoms with Crippen molar-refractivity contribution in [3.8, 4) is 33.4 Å². The van der Waals surface area contributed by atoms with Crippen molar-refractivity contribution < 1.29 is 0 Å². The molecule has 0 bridgehead atoms. The summed E-state index contributed by atoms with van der Waals surface area (Å²) in [6.07, 6.45) is 3.49. The zero-order valence-corrected chi connectivity index (χ0v) is 39.7. The van der Waals surface area contributed by atoms with Crippen LogP contribution in [0, 0.1) is 5.92 Å². The average Bonchev–Trinajstić information content (AvgIpc) is 3.91. The van der Waals surface area contributed by atoms with E-state index in [1.54, 1.807) is 11.1 Å². The highest BCUT2D eigenvalue weighted by Crippen LogP contribution is 2.66. The lowest BCUT2D eigenvalue weighted by atomic mass is 9.67. The second-order valence-corrected chi connectivity index (χ2v) is 23.2. The molecule has 0 amide bonds. The second-order valence-electron chi connectivity index (χ2n) is 23.2. The van der Waals surface area contributed by atoms with E-state index in [1.165, 1.54) is 95.7 Å². The maximum Gasteiger partial charge on any atom is 0.0726 e. The van der Waals surface area contributed by atoms with Crippen LogP contribution in [-0.4, -0.2) is 6.04 Å². The predicted molar refractivity (Wildman–Crippen MR) is 270 cm³/mol. The zero-order chi connectivity index (χ0) is 44.3. The van der Waals surface area contributed by atoms with Gasteiger partial charge in [0.2, 0.25) is 0 Å². The van der Waals surface area contributed by atoms with Gasteiger partial charge in [0.1, 0.15) is 0 Å². The molecule has 0 radical (unpaired) electrons. The Morgan fingerprint density at radius 2 is 0.953 bits per heavy atom. The molecule has 3 unspecified atom stereocenters. The summed E-state index contributed by atoms with van der Waals surface area (Å²) < 4.78 is 0. The SMILES string of the molecule is CC(C)(C)c1ccc2c(c1)C1(c3cc(C(C)(C)C)ccc3-2)c2ccccc2-c2c(N(c3cccc4c3-c3ccccc3C4(C)C)C3CCC4c5ccccc5C(C)(C)C4C3)cccc21. The molecule has 5 aliphatic carbocycles. The van der Waals surface area contributed by atoms with E-state index >= 15 is 0 Å². The first-order chi connectivity index (χ1) is 30.5. The maximum atomic E-state index is 2.90. The lowest BCUT2D eigenvalue weighted by Crippen LogP contribution is -2.41. The quantitative estimate of drug-likeness (QED) is 0.171. The van der Waals surface area contributed by atoms with Crippen molar-refractivity contribution in [1.82, 2.24) is 0 Å². The number of anilines is 2. The fraction of sp³-hybridized carbons (Fsp3) is 0.333. The fourth-order valence-corrected chi connectivity index (χ4v) is 14.0. The average molecular weight is 834 g/mol. The number of rotatable bonds is 3. The summed E-state index contributed by atoms with van der Waals surface area (Å²) in [5, 5.41) is 0. The van der Waals surface area contributed by atoms with Crippen molar-refractivity contribution in [3.63, 3.8) is 0 Å². The third kappa shape index (κ3) is 5.19. The van der Waals surface area contributed by atoms with Crippen LogP contribution < -0.4 is 4.90 Å². The van der Waals surface area contributed by atoms with Crippen molar-refractivity contribution in [3.05, 3.63) is 201 Å². The van der Waals surface area contributed by atoms with Crippen molar-refractivity contribution in [2.24, 2.45) is 5.92 Å². The van der Waals surface area contributed by atoms with Gasteiger partial charge in [-0.15, -0.1) is 0 Å². The third-order valence-electron chi connectivity index (χ3n) is 17.2. The van der Waals surface area contributed by atoms with Crippen LogP contribution in [0.5, 0.6) is 0 Å². The third-order valence-corrected chi connectivity index (χ3v) is 17.2. The van der Waals surface area contributed by atoms with Crippen LogP contribution in [0.1, 0.15) is 150 Å². The molecule has 0 N–H and O–H groups in total. The minimum atomic E-state index is -0.458. The Balaban J connectivity index is 1.15. The van der Waals surface area contributed by atoms with Crippen LogP contribution in [0.3, 0.4) is 0 Å². The van der Waals surface area contributed by atoms with E-state index in [0.29, 0.717) is 17.9 Å². The lowest BCUT2D eigenvalue weighted by Gasteiger charge is -2.45. The zero-order valence-electron chi connectivity index (χ0n) is 39.7. The summed E-state index contributed by atoms with van der Waals surface area (Å²) in [4.78, 5) is 2.90. The van der Waals surface area contributed by atoms with Gasteiger partial charge in [-0.3, -0.25) is 0 Å². The highest BCUT2D eigenvalue weighted by atomic mass is 15.2. The van der Waals surface area contributed by atoms with Gasteiger partial charge in [-0.25, -0.2) is 0 Å². The Labute approximate surface area is 382 Å². The molecule has 1 heteroatoms. The molecule has 64 heavy (non-hydrogen) atoms. The number of hydrogen-bond donors (Lipinski definition) is 0. The van der Waals surface area contributed by atoms with Gasteiger partial charge in [0.25, 0.3) is 0 Å². The Hall–Kier alpha value is -5.66. The highest BCUT2D eigenvalue weighted by molar-refractivity contribution is 6.02. The normalized spacial score (nSPS) is 21.0. The Kier molecular flexibility index (Phi) is 8.24. The molecule has 1 spiro atoms. The van der Waals surface area contributed by atoms with Gasteiger partial charge < -0.3 is 4.90 Å². The van der Waals surface area contributed by atoms with Crippen LogP contribution in [0.15, 0.2) is 146 Å². The molecule has 12 rings (SSSR count). The first-order valence-corrected chi connectivity index (χ1v) is 24.2. The summed E-state index contributed by atoms with van der Waals surface area (Å²) in [7, 11) is 0. The molecule has 0 saturated heterocycles. The molecule has 7 aromatic carbocycles. The van der Waals surface area contributed by atoms with E-state index in [2.05, 4.69) is 220 Å². The van der Waals surface area contributed by atoms with Gasteiger partial charge in [-0.2, -0.15) is 0 Å². The Morgan fingerprint density at radius 1 is 0.453 bits per heavy atom. The molecule has 5 aliphatic rings. The molecule has 7 aromatic rings. The minimum absolute atomic E-state index is 0.00539. The number of nitrogens with zero attached hydrogens (tertiary/aromatic N) is 1. The van der Waals surface area contributed by atoms with Crippen LogP contribution in [0.4, 0.5) is 11.4 Å². The van der Waals surface area contributed by atoms with Crippen LogP contribution in [0.25, 0.3) is 33.4 Å². The van der Waals surface area contributed by atoms with Crippen LogP contribution in [0.2, 0.25) is 0 Å². The van der Waals surface area contributed by atoms with E-state index in [0.717, 1.165) is 12.8 Å². The lowest BCUT2D eigenvalue weighted by molar-refractivity contribution is 0.213. The van der Waals surface area contributed by atoms with Crippen molar-refractivity contribution in [2.45, 2.75) is 128 Å². The van der Waals surface area contributed by atoms with Crippen LogP contribution in [-0.2, 0) is 27.1 Å². The Bertz CT molecular complexity index is 3020. The van der Waals surface area contributed by atoms with E-state index in [9.17, 15) is 0 Å². The van der Waals surface area contributed by atoms with E-state index in [4.69, 9.17) is 0 Å². The largest absolute Gasteiger partial charge is 0.337 e. The monoisotopic (exact) mass is 833 g/mol. The molecule has 0 aliphatic heterocycles. The number of benzene rings is 7. The molecule has 1 fully saturated rings. The van der Waals surface area contributed by atoms with Crippen molar-refractivity contribution in [2.75, 3.05) is 4.90 Å². The van der Waals surface area contributed by atoms with Crippen molar-refractivity contribution in [1.29, 1.82) is 0 Å². The summed E-state index contributed by atoms with van der Waals surface area (Å²) in [5.74, 6) is 1.15. The second kappa shape index (κ2) is 13.2.